The van der Waals surface area contributed by atoms with Gasteiger partial charge in [-0.3, -0.25) is 0 Å². The Bertz CT molecular complexity index is 484. The van der Waals surface area contributed by atoms with E-state index in [9.17, 15) is 0 Å². The van der Waals surface area contributed by atoms with Gasteiger partial charge in [0.25, 0.3) is 0 Å². The lowest BCUT2D eigenvalue weighted by Gasteiger charge is -2.38. The van der Waals surface area contributed by atoms with Crippen molar-refractivity contribution in [2.45, 2.75) is 53.5 Å². The Labute approximate surface area is 144 Å². The molecule has 0 spiro atoms. The first-order chi connectivity index (χ1) is 9.87. The van der Waals surface area contributed by atoms with E-state index in [1.165, 1.54) is 14.8 Å². The molecule has 1 N–H and O–H groups in total. The van der Waals surface area contributed by atoms with Gasteiger partial charge < -0.3 is 10.3 Å². The topological polar surface area (TPSA) is 24.4 Å². The summed E-state index contributed by atoms with van der Waals surface area (Å²) in [5, 5.41) is 3.72. The molecule has 118 valence electrons. The molecule has 0 aliphatic rings. The molecule has 0 aliphatic heterocycles. The number of aryl methyl sites for hydroxylation is 1. The predicted molar refractivity (Wildman–Crippen MR) is 104 cm³/mol. The molecule has 0 heterocycles. The third kappa shape index (κ3) is 4.70. The molecule has 1 rings (SSSR count). The fourth-order valence-electron chi connectivity index (χ4n) is 3.22. The Morgan fingerprint density at radius 3 is 2.52 bits per heavy atom. The Kier molecular flexibility index (Phi) is 7.17. The zero-order valence-corrected chi connectivity index (χ0v) is 16.4. The lowest BCUT2D eigenvalue weighted by molar-refractivity contribution is 0.245. The Hall–Kier alpha value is -0.580. The van der Waals surface area contributed by atoms with Crippen LogP contribution in [-0.4, -0.2) is 19.3 Å². The van der Waals surface area contributed by atoms with Gasteiger partial charge in [0.15, 0.2) is 0 Å². The van der Waals surface area contributed by atoms with Crippen LogP contribution in [0.15, 0.2) is 23.2 Å². The second kappa shape index (κ2) is 8.16. The lowest BCUT2D eigenvalue weighted by Crippen LogP contribution is -2.39. The number of nitrogens with zero attached hydrogens (tertiary/aromatic N) is 1. The van der Waals surface area contributed by atoms with Crippen LogP contribution in [0, 0.1) is 21.8 Å². The van der Waals surface area contributed by atoms with E-state index in [4.69, 9.17) is 0 Å². The highest BCUT2D eigenvalue weighted by atomic mass is 127. The minimum Gasteiger partial charge on any atom is -0.381 e. The van der Waals surface area contributed by atoms with Crippen LogP contribution in [0.4, 0.5) is 5.69 Å². The van der Waals surface area contributed by atoms with Crippen LogP contribution >= 0.6 is 22.6 Å². The first-order valence-corrected chi connectivity index (χ1v) is 8.91. The maximum Gasteiger partial charge on any atom is 0.0478 e. The van der Waals surface area contributed by atoms with Gasteiger partial charge in [0.1, 0.15) is 0 Å². The molecule has 21 heavy (non-hydrogen) atoms. The van der Waals surface area contributed by atoms with E-state index in [2.05, 4.69) is 91.9 Å². The minimum absolute atomic E-state index is 0.145. The third-order valence-corrected chi connectivity index (χ3v) is 5.48. The molecule has 0 saturated heterocycles. The summed E-state index contributed by atoms with van der Waals surface area (Å²) in [6.07, 6.45) is 4.40. The fraction of sp³-hybridized carbons (Fsp3) is 0.611. The van der Waals surface area contributed by atoms with Crippen molar-refractivity contribution in [3.63, 3.8) is 0 Å². The Morgan fingerprint density at radius 2 is 2.05 bits per heavy atom. The maximum atomic E-state index is 4.31. The average molecular weight is 400 g/mol. The van der Waals surface area contributed by atoms with Crippen molar-refractivity contribution in [2.24, 2.45) is 16.3 Å². The Balaban J connectivity index is 2.95. The zero-order chi connectivity index (χ0) is 16.0. The van der Waals surface area contributed by atoms with Gasteiger partial charge in [0.05, 0.1) is 0 Å². The van der Waals surface area contributed by atoms with E-state index in [0.717, 1.165) is 12.8 Å². The van der Waals surface area contributed by atoms with Gasteiger partial charge in [-0.25, -0.2) is 0 Å². The minimum atomic E-state index is 0.145. The van der Waals surface area contributed by atoms with E-state index in [1.54, 1.807) is 0 Å². The van der Waals surface area contributed by atoms with Crippen LogP contribution in [0.25, 0.3) is 0 Å². The van der Waals surface area contributed by atoms with Crippen LogP contribution in [-0.2, 0) is 0 Å². The normalized spacial score (nSPS) is 17.5. The van der Waals surface area contributed by atoms with E-state index >= 15 is 0 Å². The summed E-state index contributed by atoms with van der Waals surface area (Å²) in [5.74, 6) is 0.559. The molecule has 1 unspecified atom stereocenters. The summed E-state index contributed by atoms with van der Waals surface area (Å²) in [5.41, 5.74) is 2.69. The van der Waals surface area contributed by atoms with Gasteiger partial charge in [-0.05, 0) is 66.5 Å². The van der Waals surface area contributed by atoms with Crippen molar-refractivity contribution in [1.82, 2.24) is 0 Å². The van der Waals surface area contributed by atoms with Crippen LogP contribution in [0.3, 0.4) is 0 Å². The van der Waals surface area contributed by atoms with Gasteiger partial charge in [-0.1, -0.05) is 33.3 Å². The summed E-state index contributed by atoms with van der Waals surface area (Å²) >= 11 is 2.41. The molecular formula is C18H29IN2. The molecule has 1 aromatic rings. The quantitative estimate of drug-likeness (QED) is 0.472. The van der Waals surface area contributed by atoms with Gasteiger partial charge in [0.2, 0.25) is 0 Å². The third-order valence-electron chi connectivity index (χ3n) is 4.58. The van der Waals surface area contributed by atoms with Crippen molar-refractivity contribution in [2.75, 3.05) is 12.4 Å². The Morgan fingerprint density at radius 1 is 1.38 bits per heavy atom. The van der Waals surface area contributed by atoms with Crippen LogP contribution in [0.2, 0.25) is 0 Å². The summed E-state index contributed by atoms with van der Waals surface area (Å²) < 4.78 is 1.29. The number of anilines is 1. The van der Waals surface area contributed by atoms with Gasteiger partial charge >= 0.3 is 0 Å². The highest BCUT2D eigenvalue weighted by Gasteiger charge is 2.33. The van der Waals surface area contributed by atoms with Gasteiger partial charge in [-0.15, -0.1) is 0 Å². The number of nitrogens with one attached hydrogen (secondary N) is 1. The highest BCUT2D eigenvalue weighted by molar-refractivity contribution is 14.1. The number of halogens is 1. The first-order valence-electron chi connectivity index (χ1n) is 7.84. The van der Waals surface area contributed by atoms with Crippen LogP contribution in [0.5, 0.6) is 0 Å². The largest absolute Gasteiger partial charge is 0.381 e. The first kappa shape index (κ1) is 18.5. The monoisotopic (exact) mass is 400 g/mol. The maximum absolute atomic E-state index is 4.31. The number of aliphatic imine (C=N–C) groups is 1. The van der Waals surface area contributed by atoms with E-state index in [1.807, 2.05) is 7.05 Å². The van der Waals surface area contributed by atoms with Gasteiger partial charge in [-0.2, -0.15) is 0 Å². The number of hydrogen-bond acceptors (Lipinski definition) is 2. The van der Waals surface area contributed by atoms with Crippen LogP contribution < -0.4 is 5.32 Å². The molecule has 2 nitrogen and oxygen atoms in total. The molecule has 0 aromatic heterocycles. The number of rotatable bonds is 7. The molecule has 0 saturated carbocycles. The van der Waals surface area contributed by atoms with E-state index < -0.39 is 0 Å². The SMILES string of the molecule is CC[C@@H]([C@@H](C)Nc1ccc(C)cc1I)C(C)(/C=N\C)CC. The van der Waals surface area contributed by atoms with Crippen LogP contribution in [0.1, 0.15) is 46.1 Å². The standard InChI is InChI=1S/C18H29IN2/c1-7-15(18(5,8-2)12-20-6)14(4)21-17-10-9-13(3)11-16(17)19/h9-12,14-15,21H,7-8H2,1-6H3/b20-12-/t14-,15+,18?/m1/s1. The van der Waals surface area contributed by atoms with E-state index in [0.29, 0.717) is 12.0 Å². The molecule has 0 amide bonds. The summed E-state index contributed by atoms with van der Waals surface area (Å²) in [4.78, 5) is 4.31. The van der Waals surface area contributed by atoms with Crippen molar-refractivity contribution in [3.8, 4) is 0 Å². The molecule has 0 fully saturated rings. The molecule has 3 atom stereocenters. The highest BCUT2D eigenvalue weighted by Crippen LogP contribution is 2.36. The van der Waals surface area contributed by atoms with Crippen molar-refractivity contribution < 1.29 is 0 Å². The zero-order valence-electron chi connectivity index (χ0n) is 14.2. The second-order valence-electron chi connectivity index (χ2n) is 6.18. The number of hydrogen-bond donors (Lipinski definition) is 1. The summed E-state index contributed by atoms with van der Waals surface area (Å²) in [7, 11) is 1.88. The smallest absolute Gasteiger partial charge is 0.0478 e. The molecule has 0 radical (unpaired) electrons. The average Bonchev–Trinajstić information content (AvgIpc) is 2.43. The molecule has 3 heteroatoms. The fourth-order valence-corrected chi connectivity index (χ4v) is 4.04. The molecular weight excluding hydrogens is 371 g/mol. The van der Waals surface area contributed by atoms with Crippen molar-refractivity contribution in [1.29, 1.82) is 0 Å². The van der Waals surface area contributed by atoms with Gasteiger partial charge in [0, 0.05) is 34.0 Å². The lowest BCUT2D eigenvalue weighted by atomic mass is 9.71. The molecule has 0 aliphatic carbocycles. The van der Waals surface area contributed by atoms with Crippen molar-refractivity contribution >= 4 is 34.5 Å². The molecule has 0 bridgehead atoms. The summed E-state index contributed by atoms with van der Waals surface area (Å²) in [6.45, 7) is 11.3. The van der Waals surface area contributed by atoms with Crippen molar-refractivity contribution in [3.05, 3.63) is 27.3 Å². The number of benzene rings is 1. The predicted octanol–water partition coefficient (Wildman–Crippen LogP) is 5.54. The van der Waals surface area contributed by atoms with E-state index in [-0.39, 0.29) is 5.41 Å². The molecule has 1 aromatic carbocycles. The summed E-state index contributed by atoms with van der Waals surface area (Å²) in [6, 6.07) is 7.00. The second-order valence-corrected chi connectivity index (χ2v) is 7.34.